The second-order valence-electron chi connectivity index (χ2n) is 1.86. The van der Waals surface area contributed by atoms with Gasteiger partial charge in [0.1, 0.15) is 0 Å². The van der Waals surface area contributed by atoms with Gasteiger partial charge in [-0.3, -0.25) is 5.41 Å². The summed E-state index contributed by atoms with van der Waals surface area (Å²) in [5, 5.41) is 16.0. The summed E-state index contributed by atoms with van der Waals surface area (Å²) in [6.07, 6.45) is 0. The van der Waals surface area contributed by atoms with Crippen molar-refractivity contribution >= 4 is 0 Å². The smallest absolute Gasteiger partial charge is 0.160 e. The van der Waals surface area contributed by atoms with Gasteiger partial charge in [-0.25, -0.2) is 0 Å². The lowest BCUT2D eigenvalue weighted by Crippen LogP contribution is -2.17. The number of nitrogens with zero attached hydrogens (tertiary/aromatic N) is 1. The molecule has 0 bridgehead atoms. The summed E-state index contributed by atoms with van der Waals surface area (Å²) >= 11 is 0. The number of aromatic nitrogens is 1. The first kappa shape index (κ1) is 5.88. The highest BCUT2D eigenvalue weighted by atomic mass is 16.5. The van der Waals surface area contributed by atoms with E-state index >= 15 is 0 Å². The Balaban J connectivity index is 3.43. The van der Waals surface area contributed by atoms with E-state index in [1.54, 1.807) is 19.1 Å². The van der Waals surface area contributed by atoms with Gasteiger partial charge in [0.25, 0.3) is 0 Å². The maximum absolute atomic E-state index is 8.94. The molecule has 2 N–H and O–H groups in total. The Morgan fingerprint density at radius 1 is 1.56 bits per heavy atom. The molecular weight excluding hydrogens is 116 g/mol. The molecule has 1 rings (SSSR count). The standard InChI is InChI=1S/C6H8N2O/c1-5-3-2-4-6(7)8(5)9/h2-4,7,9H,1H3. The minimum absolute atomic E-state index is 0.106. The number of aryl methyl sites for hydroxylation is 1. The van der Waals surface area contributed by atoms with Crippen molar-refractivity contribution in [1.29, 1.82) is 5.41 Å². The average Bonchev–Trinajstić information content (AvgIpc) is 1.83. The molecule has 0 spiro atoms. The van der Waals surface area contributed by atoms with Crippen LogP contribution < -0.4 is 5.49 Å². The summed E-state index contributed by atoms with van der Waals surface area (Å²) < 4.78 is 0.833. The third-order valence-corrected chi connectivity index (χ3v) is 1.15. The van der Waals surface area contributed by atoms with E-state index in [4.69, 9.17) is 10.6 Å². The fourth-order valence-electron chi connectivity index (χ4n) is 0.610. The molecular formula is C6H8N2O. The second-order valence-corrected chi connectivity index (χ2v) is 1.86. The van der Waals surface area contributed by atoms with Crippen molar-refractivity contribution in [3.63, 3.8) is 0 Å². The van der Waals surface area contributed by atoms with E-state index in [0.29, 0.717) is 5.69 Å². The summed E-state index contributed by atoms with van der Waals surface area (Å²) in [6, 6.07) is 4.98. The predicted molar refractivity (Wildman–Crippen MR) is 32.2 cm³/mol. The van der Waals surface area contributed by atoms with Crippen molar-refractivity contribution in [2.75, 3.05) is 0 Å². The van der Waals surface area contributed by atoms with Crippen LogP contribution in [0.3, 0.4) is 0 Å². The van der Waals surface area contributed by atoms with Gasteiger partial charge in [-0.05, 0) is 19.1 Å². The highest BCUT2D eigenvalue weighted by Crippen LogP contribution is 1.86. The second kappa shape index (κ2) is 1.93. The van der Waals surface area contributed by atoms with Gasteiger partial charge in [-0.15, -0.1) is 0 Å². The Hall–Kier alpha value is -1.25. The molecule has 0 aliphatic carbocycles. The van der Waals surface area contributed by atoms with Gasteiger partial charge in [0.2, 0.25) is 0 Å². The third kappa shape index (κ3) is 0.937. The van der Waals surface area contributed by atoms with Gasteiger partial charge in [-0.2, -0.15) is 4.73 Å². The normalized spacial score (nSPS) is 9.44. The molecule has 0 saturated carbocycles. The van der Waals surface area contributed by atoms with Crippen LogP contribution in [0.15, 0.2) is 18.2 Å². The van der Waals surface area contributed by atoms with Crippen LogP contribution in [0.4, 0.5) is 0 Å². The summed E-state index contributed by atoms with van der Waals surface area (Å²) in [5.41, 5.74) is 0.775. The zero-order valence-corrected chi connectivity index (χ0v) is 5.13. The Labute approximate surface area is 52.7 Å². The van der Waals surface area contributed by atoms with E-state index in [0.717, 1.165) is 4.73 Å². The molecule has 1 aromatic rings. The molecule has 48 valence electrons. The maximum atomic E-state index is 8.94. The van der Waals surface area contributed by atoms with E-state index < -0.39 is 0 Å². The minimum atomic E-state index is 0.106. The zero-order chi connectivity index (χ0) is 6.85. The summed E-state index contributed by atoms with van der Waals surface area (Å²) in [4.78, 5) is 0. The SMILES string of the molecule is Cc1cccc(=N)n1O. The van der Waals surface area contributed by atoms with Gasteiger partial charge >= 0.3 is 0 Å². The van der Waals surface area contributed by atoms with E-state index in [9.17, 15) is 0 Å². The lowest BCUT2D eigenvalue weighted by Gasteiger charge is -1.98. The highest BCUT2D eigenvalue weighted by molar-refractivity contribution is 5.01. The maximum Gasteiger partial charge on any atom is 0.160 e. The fraction of sp³-hybridized carbons (Fsp3) is 0.167. The van der Waals surface area contributed by atoms with Gasteiger partial charge < -0.3 is 5.21 Å². The Bertz CT molecular complexity index is 264. The number of rotatable bonds is 0. The first-order valence-electron chi connectivity index (χ1n) is 2.64. The van der Waals surface area contributed by atoms with Crippen LogP contribution in [0.1, 0.15) is 5.69 Å². The lowest BCUT2D eigenvalue weighted by molar-refractivity contribution is 0.164. The molecule has 0 aromatic carbocycles. The molecule has 3 nitrogen and oxygen atoms in total. The van der Waals surface area contributed by atoms with Crippen molar-refractivity contribution < 1.29 is 5.21 Å². The molecule has 0 amide bonds. The molecule has 0 aliphatic heterocycles. The largest absolute Gasteiger partial charge is 0.427 e. The average molecular weight is 124 g/mol. The number of pyridine rings is 1. The minimum Gasteiger partial charge on any atom is -0.427 e. The molecule has 1 aromatic heterocycles. The van der Waals surface area contributed by atoms with Crippen molar-refractivity contribution in [2.45, 2.75) is 6.92 Å². The van der Waals surface area contributed by atoms with Crippen molar-refractivity contribution in [3.05, 3.63) is 29.4 Å². The van der Waals surface area contributed by atoms with E-state index in [1.807, 2.05) is 0 Å². The van der Waals surface area contributed by atoms with Gasteiger partial charge in [-0.1, -0.05) is 6.07 Å². The molecule has 0 saturated heterocycles. The Morgan fingerprint density at radius 3 is 2.67 bits per heavy atom. The van der Waals surface area contributed by atoms with Crippen LogP contribution >= 0.6 is 0 Å². The fourth-order valence-corrected chi connectivity index (χ4v) is 0.610. The quantitative estimate of drug-likeness (QED) is 0.486. The van der Waals surface area contributed by atoms with Gasteiger partial charge in [0.05, 0.1) is 5.69 Å². The first-order valence-corrected chi connectivity index (χ1v) is 2.64. The van der Waals surface area contributed by atoms with Gasteiger partial charge in [0, 0.05) is 0 Å². The topological polar surface area (TPSA) is 49.0 Å². The molecule has 0 fully saturated rings. The molecule has 0 atom stereocenters. The number of hydrogen-bond donors (Lipinski definition) is 2. The zero-order valence-electron chi connectivity index (χ0n) is 5.13. The molecule has 3 heteroatoms. The molecule has 1 heterocycles. The van der Waals surface area contributed by atoms with Crippen LogP contribution in [-0.4, -0.2) is 9.94 Å². The lowest BCUT2D eigenvalue weighted by atomic mass is 10.4. The monoisotopic (exact) mass is 124 g/mol. The Kier molecular flexibility index (Phi) is 1.26. The van der Waals surface area contributed by atoms with Crippen LogP contribution in [0.5, 0.6) is 0 Å². The van der Waals surface area contributed by atoms with Gasteiger partial charge in [0.15, 0.2) is 5.49 Å². The van der Waals surface area contributed by atoms with Crippen LogP contribution in [0.25, 0.3) is 0 Å². The van der Waals surface area contributed by atoms with Crippen LogP contribution in [0, 0.1) is 12.3 Å². The summed E-state index contributed by atoms with van der Waals surface area (Å²) in [5.74, 6) is 0. The molecule has 0 radical (unpaired) electrons. The Morgan fingerprint density at radius 2 is 2.22 bits per heavy atom. The predicted octanol–water partition coefficient (Wildman–Crippen LogP) is 0.513. The van der Waals surface area contributed by atoms with E-state index in [1.165, 1.54) is 6.07 Å². The van der Waals surface area contributed by atoms with Crippen LogP contribution in [0.2, 0.25) is 0 Å². The van der Waals surface area contributed by atoms with E-state index in [2.05, 4.69) is 0 Å². The summed E-state index contributed by atoms with van der Waals surface area (Å²) in [6.45, 7) is 1.73. The van der Waals surface area contributed by atoms with Crippen molar-refractivity contribution in [3.8, 4) is 0 Å². The van der Waals surface area contributed by atoms with Crippen molar-refractivity contribution in [1.82, 2.24) is 4.73 Å². The van der Waals surface area contributed by atoms with Crippen LogP contribution in [-0.2, 0) is 0 Å². The van der Waals surface area contributed by atoms with E-state index in [-0.39, 0.29) is 5.49 Å². The first-order chi connectivity index (χ1) is 4.22. The highest BCUT2D eigenvalue weighted by Gasteiger charge is 1.88. The summed E-state index contributed by atoms with van der Waals surface area (Å²) in [7, 11) is 0. The molecule has 0 aliphatic rings. The number of hydrogen-bond acceptors (Lipinski definition) is 2. The number of nitrogens with one attached hydrogen (secondary N) is 1. The van der Waals surface area contributed by atoms with Crippen molar-refractivity contribution in [2.24, 2.45) is 0 Å². The third-order valence-electron chi connectivity index (χ3n) is 1.15. The molecule has 0 unspecified atom stereocenters. The molecule has 9 heavy (non-hydrogen) atoms.